The van der Waals surface area contributed by atoms with Gasteiger partial charge in [0.2, 0.25) is 5.75 Å². The fraction of sp³-hybridized carbons (Fsp3) is 0.267. The van der Waals surface area contributed by atoms with Crippen molar-refractivity contribution in [2.75, 3.05) is 32.2 Å². The molecule has 0 unspecified atom stereocenters. The van der Waals surface area contributed by atoms with Crippen LogP contribution in [-0.2, 0) is 15.4 Å². The van der Waals surface area contributed by atoms with Crippen molar-refractivity contribution < 1.29 is 32.5 Å². The third kappa shape index (κ3) is 7.05. The van der Waals surface area contributed by atoms with Crippen LogP contribution in [0.5, 0.6) is 28.9 Å². The maximum absolute atomic E-state index is 13.6. The molecule has 0 amide bonds. The Morgan fingerprint density at radius 1 is 0.854 bits per heavy atom. The molecule has 3 aromatic carbocycles. The summed E-state index contributed by atoms with van der Waals surface area (Å²) in [6, 6.07) is 20.4. The van der Waals surface area contributed by atoms with E-state index in [1.165, 1.54) is 7.11 Å². The number of sulfonamides is 1. The molecule has 11 heteroatoms. The van der Waals surface area contributed by atoms with Crippen molar-refractivity contribution in [3.63, 3.8) is 0 Å². The Labute approximate surface area is 240 Å². The number of ether oxygens (including phenoxy) is 4. The molecule has 0 bridgehead atoms. The zero-order chi connectivity index (χ0) is 29.6. The highest BCUT2D eigenvalue weighted by Crippen LogP contribution is 2.41. The smallest absolute Gasteiger partial charge is 0.263 e. The lowest BCUT2D eigenvalue weighted by molar-refractivity contribution is 0.192. The number of benzene rings is 3. The van der Waals surface area contributed by atoms with Gasteiger partial charge in [-0.05, 0) is 59.5 Å². The highest BCUT2D eigenvalue weighted by atomic mass is 32.2. The van der Waals surface area contributed by atoms with Gasteiger partial charge in [0.05, 0.1) is 25.7 Å². The lowest BCUT2D eigenvalue weighted by Crippen LogP contribution is -2.17. The maximum atomic E-state index is 13.6. The first-order valence-electron chi connectivity index (χ1n) is 12.8. The Morgan fingerprint density at radius 3 is 2.10 bits per heavy atom. The van der Waals surface area contributed by atoms with Gasteiger partial charge in [-0.15, -0.1) is 0 Å². The van der Waals surface area contributed by atoms with Crippen LogP contribution in [0.15, 0.2) is 77.7 Å². The molecular formula is C30H33N3O7S. The Kier molecular flexibility index (Phi) is 8.99. The molecule has 2 N–H and O–H groups in total. The van der Waals surface area contributed by atoms with Crippen molar-refractivity contribution in [1.29, 1.82) is 0 Å². The summed E-state index contributed by atoms with van der Waals surface area (Å²) in [5.74, 6) is 1.12. The number of nitrogens with one attached hydrogen (secondary N) is 1. The number of aliphatic hydroxyl groups is 1. The van der Waals surface area contributed by atoms with Crippen molar-refractivity contribution in [3.05, 3.63) is 78.4 Å². The van der Waals surface area contributed by atoms with Gasteiger partial charge in [-0.25, -0.2) is 13.4 Å². The molecule has 1 heterocycles. The summed E-state index contributed by atoms with van der Waals surface area (Å²) in [6.45, 7) is 5.71. The second-order valence-electron chi connectivity index (χ2n) is 9.96. The number of aliphatic hydroxyl groups excluding tert-OH is 1. The standard InChI is InChI=1S/C30H33N3O7S/c1-30(2,3)21-12-16-23(17-13-21)41(35,36)33-28-26(40-25-9-7-6-8-24(25)38-5)29(39-19-18-34)32-27(31-28)20-10-14-22(37-4)15-11-20/h6-17,34H,18-19H2,1-5H3,(H,31,32,33). The second kappa shape index (κ2) is 12.4. The van der Waals surface area contributed by atoms with Crippen molar-refractivity contribution in [1.82, 2.24) is 9.97 Å². The van der Waals surface area contributed by atoms with Crippen LogP contribution in [0.25, 0.3) is 11.4 Å². The molecule has 4 aromatic rings. The average Bonchev–Trinajstić information content (AvgIpc) is 2.97. The van der Waals surface area contributed by atoms with Crippen LogP contribution in [0.1, 0.15) is 26.3 Å². The van der Waals surface area contributed by atoms with E-state index in [1.54, 1.807) is 79.9 Å². The first-order chi connectivity index (χ1) is 19.6. The molecule has 41 heavy (non-hydrogen) atoms. The van der Waals surface area contributed by atoms with E-state index in [0.717, 1.165) is 5.56 Å². The number of anilines is 1. The molecule has 10 nitrogen and oxygen atoms in total. The van der Waals surface area contributed by atoms with Gasteiger partial charge in [-0.2, -0.15) is 4.98 Å². The minimum Gasteiger partial charge on any atom is -0.497 e. The van der Waals surface area contributed by atoms with Crippen molar-refractivity contribution in [2.45, 2.75) is 31.1 Å². The minimum absolute atomic E-state index is 0.0381. The summed E-state index contributed by atoms with van der Waals surface area (Å²) in [6.07, 6.45) is 0. The quantitative estimate of drug-likeness (QED) is 0.239. The van der Waals surface area contributed by atoms with Gasteiger partial charge in [0.1, 0.15) is 12.4 Å². The van der Waals surface area contributed by atoms with Crippen LogP contribution in [0, 0.1) is 0 Å². The summed E-state index contributed by atoms with van der Waals surface area (Å²) in [5.41, 5.74) is 1.41. The van der Waals surface area contributed by atoms with Crippen LogP contribution < -0.4 is 23.7 Å². The molecule has 0 spiro atoms. The van der Waals surface area contributed by atoms with Gasteiger partial charge in [-0.3, -0.25) is 4.72 Å². The molecule has 0 saturated heterocycles. The Bertz CT molecular complexity index is 1580. The number of methoxy groups -OCH3 is 2. The minimum atomic E-state index is -4.13. The fourth-order valence-electron chi connectivity index (χ4n) is 3.83. The molecule has 0 fully saturated rings. The van der Waals surface area contributed by atoms with E-state index >= 15 is 0 Å². The van der Waals surface area contributed by atoms with Gasteiger partial charge in [0, 0.05) is 5.56 Å². The van der Waals surface area contributed by atoms with Gasteiger partial charge in [0.25, 0.3) is 15.9 Å². The van der Waals surface area contributed by atoms with Crippen LogP contribution in [0.3, 0.4) is 0 Å². The molecule has 0 radical (unpaired) electrons. The molecule has 4 rings (SSSR count). The Balaban J connectivity index is 1.86. The summed E-state index contributed by atoms with van der Waals surface area (Å²) >= 11 is 0. The molecular weight excluding hydrogens is 546 g/mol. The number of aromatic nitrogens is 2. The molecule has 1 aromatic heterocycles. The van der Waals surface area contributed by atoms with Crippen molar-refractivity contribution in [2.24, 2.45) is 0 Å². The summed E-state index contributed by atoms with van der Waals surface area (Å²) in [7, 11) is -1.09. The zero-order valence-electron chi connectivity index (χ0n) is 23.5. The molecule has 0 atom stereocenters. The summed E-state index contributed by atoms with van der Waals surface area (Å²) in [4.78, 5) is 9.08. The number of hydrogen-bond donors (Lipinski definition) is 2. The highest BCUT2D eigenvalue weighted by Gasteiger charge is 2.26. The lowest BCUT2D eigenvalue weighted by Gasteiger charge is -2.20. The maximum Gasteiger partial charge on any atom is 0.263 e. The van der Waals surface area contributed by atoms with Crippen LogP contribution in [0.2, 0.25) is 0 Å². The van der Waals surface area contributed by atoms with Crippen LogP contribution >= 0.6 is 0 Å². The molecule has 0 aliphatic heterocycles. The number of hydrogen-bond acceptors (Lipinski definition) is 9. The number of nitrogens with zero attached hydrogens (tertiary/aromatic N) is 2. The average molecular weight is 580 g/mol. The van der Waals surface area contributed by atoms with Gasteiger partial charge >= 0.3 is 0 Å². The first-order valence-corrected chi connectivity index (χ1v) is 14.3. The third-order valence-electron chi connectivity index (χ3n) is 6.06. The topological polar surface area (TPSA) is 129 Å². The predicted molar refractivity (Wildman–Crippen MR) is 156 cm³/mol. The highest BCUT2D eigenvalue weighted by molar-refractivity contribution is 7.92. The van der Waals surface area contributed by atoms with Crippen molar-refractivity contribution in [3.8, 4) is 40.3 Å². The van der Waals surface area contributed by atoms with Crippen LogP contribution in [0.4, 0.5) is 5.82 Å². The van der Waals surface area contributed by atoms with Gasteiger partial charge in [-0.1, -0.05) is 45.0 Å². The van der Waals surface area contributed by atoms with E-state index in [0.29, 0.717) is 17.1 Å². The fourth-order valence-corrected chi connectivity index (χ4v) is 4.84. The third-order valence-corrected chi connectivity index (χ3v) is 7.41. The monoisotopic (exact) mass is 579 g/mol. The lowest BCUT2D eigenvalue weighted by atomic mass is 9.87. The van der Waals surface area contributed by atoms with Gasteiger partial charge in [0.15, 0.2) is 23.1 Å². The Morgan fingerprint density at radius 2 is 1.51 bits per heavy atom. The van der Waals surface area contributed by atoms with E-state index in [9.17, 15) is 13.5 Å². The molecule has 216 valence electrons. The summed E-state index contributed by atoms with van der Waals surface area (Å²) < 4.78 is 52.3. The van der Waals surface area contributed by atoms with E-state index in [1.807, 2.05) is 20.8 Å². The largest absolute Gasteiger partial charge is 0.497 e. The van der Waals surface area contributed by atoms with Crippen molar-refractivity contribution >= 4 is 15.8 Å². The van der Waals surface area contributed by atoms with Crippen LogP contribution in [-0.4, -0.2) is 50.9 Å². The normalized spacial score (nSPS) is 11.6. The Hall–Kier alpha value is -4.35. The summed E-state index contributed by atoms with van der Waals surface area (Å²) in [5, 5.41) is 9.46. The molecule has 0 aliphatic carbocycles. The molecule has 0 saturated carbocycles. The SMILES string of the molecule is COc1ccc(-c2nc(NS(=O)(=O)c3ccc(C(C)(C)C)cc3)c(Oc3ccccc3OC)c(OCCO)n2)cc1. The molecule has 0 aliphatic rings. The van der Waals surface area contributed by atoms with E-state index in [2.05, 4.69) is 14.7 Å². The van der Waals surface area contributed by atoms with E-state index < -0.39 is 10.0 Å². The first kappa shape index (κ1) is 29.6. The van der Waals surface area contributed by atoms with Gasteiger partial charge < -0.3 is 24.1 Å². The number of rotatable bonds is 11. The second-order valence-corrected chi connectivity index (χ2v) is 11.6. The number of para-hydroxylation sites is 2. The van der Waals surface area contributed by atoms with E-state index in [4.69, 9.17) is 18.9 Å². The zero-order valence-corrected chi connectivity index (χ0v) is 24.4. The predicted octanol–water partition coefficient (Wildman–Crippen LogP) is 5.42. The van der Waals surface area contributed by atoms with E-state index in [-0.39, 0.29) is 52.5 Å².